The summed E-state index contributed by atoms with van der Waals surface area (Å²) in [7, 11) is 1.51. The number of likely N-dealkylation sites (N-methyl/N-ethyl adjacent to an activating group) is 1. The van der Waals surface area contributed by atoms with E-state index in [4.69, 9.17) is 0 Å². The highest BCUT2D eigenvalue weighted by atomic mass is 16.3. The lowest BCUT2D eigenvalue weighted by atomic mass is 10.0. The molecule has 1 fully saturated rings. The van der Waals surface area contributed by atoms with Crippen LogP contribution in [0.5, 0.6) is 0 Å². The molecule has 0 aromatic carbocycles. The number of amides is 2. The lowest BCUT2D eigenvalue weighted by molar-refractivity contribution is -0.148. The van der Waals surface area contributed by atoms with Crippen molar-refractivity contribution in [3.8, 4) is 0 Å². The Morgan fingerprint density at radius 1 is 1.50 bits per heavy atom. The molecular weight excluding hydrogens is 208 g/mol. The lowest BCUT2D eigenvalue weighted by Gasteiger charge is -2.29. The van der Waals surface area contributed by atoms with E-state index in [9.17, 15) is 14.7 Å². The Bertz CT molecular complexity index is 283. The smallest absolute Gasteiger partial charge is 0.246 e. The second-order valence-electron chi connectivity index (χ2n) is 4.90. The largest absolute Gasteiger partial charge is 0.390 e. The summed E-state index contributed by atoms with van der Waals surface area (Å²) in [5.41, 5.74) is -0.730. The van der Waals surface area contributed by atoms with E-state index < -0.39 is 5.60 Å². The van der Waals surface area contributed by atoms with Crippen molar-refractivity contribution < 1.29 is 14.7 Å². The van der Waals surface area contributed by atoms with E-state index in [1.807, 2.05) is 0 Å². The van der Waals surface area contributed by atoms with Gasteiger partial charge >= 0.3 is 0 Å². The molecule has 0 spiro atoms. The molecule has 0 aromatic heterocycles. The highest BCUT2D eigenvalue weighted by molar-refractivity contribution is 6.00. The van der Waals surface area contributed by atoms with Gasteiger partial charge in [-0.1, -0.05) is 0 Å². The minimum absolute atomic E-state index is 0.120. The van der Waals surface area contributed by atoms with Crippen molar-refractivity contribution in [2.24, 2.45) is 0 Å². The van der Waals surface area contributed by atoms with Crippen LogP contribution >= 0.6 is 0 Å². The molecule has 1 unspecified atom stereocenters. The van der Waals surface area contributed by atoms with Gasteiger partial charge in [-0.3, -0.25) is 14.5 Å². The molecular formula is C11H20N2O3. The first-order valence-corrected chi connectivity index (χ1v) is 5.57. The monoisotopic (exact) mass is 228 g/mol. The van der Waals surface area contributed by atoms with Crippen LogP contribution in [-0.2, 0) is 9.59 Å². The maximum absolute atomic E-state index is 11.7. The Morgan fingerprint density at radius 2 is 2.12 bits per heavy atom. The summed E-state index contributed by atoms with van der Waals surface area (Å²) in [5, 5.41) is 12.6. The summed E-state index contributed by atoms with van der Waals surface area (Å²) in [4.78, 5) is 24.1. The Hall–Kier alpha value is -0.940. The maximum Gasteiger partial charge on any atom is 0.246 e. The van der Waals surface area contributed by atoms with Crippen LogP contribution in [0.15, 0.2) is 0 Å². The molecule has 5 heteroatoms. The van der Waals surface area contributed by atoms with Gasteiger partial charge in [0.25, 0.3) is 0 Å². The van der Waals surface area contributed by atoms with Crippen molar-refractivity contribution in [1.29, 1.82) is 0 Å². The summed E-state index contributed by atoms with van der Waals surface area (Å²) in [6, 6.07) is -0.287. The number of imide groups is 1. The lowest BCUT2D eigenvalue weighted by Crippen LogP contribution is -2.52. The molecule has 0 aromatic rings. The first-order valence-electron chi connectivity index (χ1n) is 5.57. The predicted molar refractivity (Wildman–Crippen MR) is 59.7 cm³/mol. The van der Waals surface area contributed by atoms with Gasteiger partial charge in [0.2, 0.25) is 11.8 Å². The number of hydrogen-bond donors (Lipinski definition) is 2. The van der Waals surface area contributed by atoms with Crippen molar-refractivity contribution in [2.75, 3.05) is 13.6 Å². The quantitative estimate of drug-likeness (QED) is 0.658. The van der Waals surface area contributed by atoms with Crippen molar-refractivity contribution >= 4 is 11.8 Å². The minimum atomic E-state index is -0.730. The average molecular weight is 228 g/mol. The molecule has 16 heavy (non-hydrogen) atoms. The predicted octanol–water partition coefficient (Wildman–Crippen LogP) is -0.116. The van der Waals surface area contributed by atoms with Crippen molar-refractivity contribution in [3.05, 3.63) is 0 Å². The van der Waals surface area contributed by atoms with Crippen LogP contribution in [0.4, 0.5) is 0 Å². The molecule has 0 aliphatic carbocycles. The fraction of sp³-hybridized carbons (Fsp3) is 0.818. The van der Waals surface area contributed by atoms with Crippen LogP contribution in [0.25, 0.3) is 0 Å². The second-order valence-corrected chi connectivity index (χ2v) is 4.90. The Morgan fingerprint density at radius 3 is 2.69 bits per heavy atom. The third-order valence-corrected chi connectivity index (χ3v) is 2.78. The molecule has 0 radical (unpaired) electrons. The van der Waals surface area contributed by atoms with E-state index in [1.165, 1.54) is 11.9 Å². The summed E-state index contributed by atoms with van der Waals surface area (Å²) >= 11 is 0. The van der Waals surface area contributed by atoms with E-state index >= 15 is 0 Å². The number of aliphatic hydroxyl groups is 1. The van der Waals surface area contributed by atoms with Gasteiger partial charge in [0, 0.05) is 13.5 Å². The number of piperidine rings is 1. The molecule has 1 heterocycles. The average Bonchev–Trinajstić information content (AvgIpc) is 2.16. The molecule has 2 N–H and O–H groups in total. The van der Waals surface area contributed by atoms with Crippen molar-refractivity contribution in [2.45, 2.75) is 44.8 Å². The third kappa shape index (κ3) is 3.57. The molecule has 5 nitrogen and oxygen atoms in total. The van der Waals surface area contributed by atoms with E-state index in [-0.39, 0.29) is 17.9 Å². The van der Waals surface area contributed by atoms with Gasteiger partial charge in [-0.15, -0.1) is 0 Å². The normalized spacial score (nSPS) is 22.8. The van der Waals surface area contributed by atoms with Crippen molar-refractivity contribution in [3.63, 3.8) is 0 Å². The molecule has 0 saturated carbocycles. The summed E-state index contributed by atoms with van der Waals surface area (Å²) in [5.74, 6) is -0.294. The Labute approximate surface area is 95.8 Å². The maximum atomic E-state index is 11.7. The van der Waals surface area contributed by atoms with Crippen LogP contribution in [0.3, 0.4) is 0 Å². The minimum Gasteiger partial charge on any atom is -0.390 e. The summed E-state index contributed by atoms with van der Waals surface area (Å²) in [6.07, 6.45) is 1.53. The number of likely N-dealkylation sites (tertiary alicyclic amines) is 1. The molecule has 92 valence electrons. The third-order valence-electron chi connectivity index (χ3n) is 2.78. The van der Waals surface area contributed by atoms with Gasteiger partial charge in [-0.05, 0) is 33.2 Å². The van der Waals surface area contributed by atoms with Gasteiger partial charge in [-0.25, -0.2) is 0 Å². The molecule has 1 aliphatic heterocycles. The van der Waals surface area contributed by atoms with Gasteiger partial charge in [0.1, 0.15) is 0 Å². The number of nitrogens with one attached hydrogen (secondary N) is 1. The van der Waals surface area contributed by atoms with Gasteiger partial charge in [0.05, 0.1) is 11.6 Å². The highest BCUT2D eigenvalue weighted by Crippen LogP contribution is 2.12. The molecule has 0 bridgehead atoms. The number of hydrogen-bond acceptors (Lipinski definition) is 4. The van der Waals surface area contributed by atoms with Crippen LogP contribution < -0.4 is 5.32 Å². The van der Waals surface area contributed by atoms with E-state index in [0.717, 1.165) is 0 Å². The molecule has 1 atom stereocenters. The Kier molecular flexibility index (Phi) is 4.04. The van der Waals surface area contributed by atoms with Gasteiger partial charge in [-0.2, -0.15) is 0 Å². The topological polar surface area (TPSA) is 69.6 Å². The molecule has 1 aliphatic rings. The van der Waals surface area contributed by atoms with Gasteiger partial charge < -0.3 is 10.4 Å². The molecule has 1 rings (SSSR count). The number of carbonyl (C=O) groups is 2. The number of carbonyl (C=O) groups excluding carboxylic acids is 2. The first kappa shape index (κ1) is 13.1. The zero-order valence-corrected chi connectivity index (χ0v) is 10.1. The van der Waals surface area contributed by atoms with Crippen LogP contribution in [0, 0.1) is 0 Å². The van der Waals surface area contributed by atoms with E-state index in [0.29, 0.717) is 25.8 Å². The highest BCUT2D eigenvalue weighted by Gasteiger charge is 2.31. The van der Waals surface area contributed by atoms with Gasteiger partial charge in [0.15, 0.2) is 0 Å². The number of nitrogens with zero attached hydrogens (tertiary/aromatic N) is 1. The zero-order chi connectivity index (χ0) is 12.3. The molecule has 2 amide bonds. The van der Waals surface area contributed by atoms with Crippen LogP contribution in [0.1, 0.15) is 33.1 Å². The molecule has 1 saturated heterocycles. The Balaban J connectivity index is 2.38. The van der Waals surface area contributed by atoms with E-state index in [1.54, 1.807) is 13.8 Å². The van der Waals surface area contributed by atoms with Crippen LogP contribution in [0.2, 0.25) is 0 Å². The fourth-order valence-electron chi connectivity index (χ4n) is 1.66. The standard InChI is InChI=1S/C11H20N2O3/c1-11(2,16)6-7-12-8-4-5-9(14)13(3)10(8)15/h8,12,16H,4-7H2,1-3H3. The fourth-order valence-corrected chi connectivity index (χ4v) is 1.66. The first-order chi connectivity index (χ1) is 7.31. The zero-order valence-electron chi connectivity index (χ0n) is 10.1. The summed E-state index contributed by atoms with van der Waals surface area (Å²) in [6.45, 7) is 4.03. The SMILES string of the molecule is CN1C(=O)CCC(NCCC(C)(C)O)C1=O. The summed E-state index contributed by atoms with van der Waals surface area (Å²) < 4.78 is 0. The van der Waals surface area contributed by atoms with E-state index in [2.05, 4.69) is 5.32 Å². The van der Waals surface area contributed by atoms with Crippen LogP contribution in [-0.4, -0.2) is 47.1 Å². The second kappa shape index (κ2) is 4.93. The van der Waals surface area contributed by atoms with Crippen molar-refractivity contribution in [1.82, 2.24) is 10.2 Å². The number of rotatable bonds is 4.